The van der Waals surface area contributed by atoms with Crippen LogP contribution >= 0.6 is 11.6 Å². The predicted octanol–water partition coefficient (Wildman–Crippen LogP) is 1.81. The van der Waals surface area contributed by atoms with Gasteiger partial charge in [0.1, 0.15) is 0 Å². The van der Waals surface area contributed by atoms with Crippen LogP contribution in [0.2, 0.25) is 5.02 Å². The standard InChI is InChI=1S/C12H17ClN2O2S/c1-8(6-7-18(2)17)15-12(16)9-4-3-5-10(14)11(9)13/h3-5,8H,6-7,14H2,1-2H3,(H,15,16). The molecule has 3 N–H and O–H groups in total. The van der Waals surface area contributed by atoms with E-state index in [1.54, 1.807) is 24.5 Å². The first kappa shape index (κ1) is 15.0. The quantitative estimate of drug-likeness (QED) is 0.812. The van der Waals surface area contributed by atoms with Crippen LogP contribution < -0.4 is 11.1 Å². The molecule has 0 radical (unpaired) electrons. The Kier molecular flexibility index (Phi) is 5.62. The maximum absolute atomic E-state index is 11.9. The van der Waals surface area contributed by atoms with E-state index >= 15 is 0 Å². The minimum atomic E-state index is -0.851. The average Bonchev–Trinajstić information content (AvgIpc) is 2.30. The highest BCUT2D eigenvalue weighted by Gasteiger charge is 2.14. The molecule has 0 heterocycles. The van der Waals surface area contributed by atoms with Crippen molar-refractivity contribution in [3.8, 4) is 0 Å². The van der Waals surface area contributed by atoms with E-state index in [0.29, 0.717) is 23.4 Å². The van der Waals surface area contributed by atoms with Gasteiger partial charge in [0.05, 0.1) is 16.3 Å². The number of carbonyl (C=O) groups is 1. The summed E-state index contributed by atoms with van der Waals surface area (Å²) in [5.41, 5.74) is 6.38. The van der Waals surface area contributed by atoms with E-state index in [0.717, 1.165) is 0 Å². The lowest BCUT2D eigenvalue weighted by atomic mass is 10.1. The van der Waals surface area contributed by atoms with Crippen molar-refractivity contribution < 1.29 is 9.00 Å². The van der Waals surface area contributed by atoms with Gasteiger partial charge in [-0.15, -0.1) is 0 Å². The molecule has 100 valence electrons. The van der Waals surface area contributed by atoms with Crippen molar-refractivity contribution in [1.82, 2.24) is 5.32 Å². The lowest BCUT2D eigenvalue weighted by Gasteiger charge is -2.14. The summed E-state index contributed by atoms with van der Waals surface area (Å²) in [5.74, 6) is 0.299. The Labute approximate surface area is 114 Å². The molecule has 6 heteroatoms. The predicted molar refractivity (Wildman–Crippen MR) is 76.3 cm³/mol. The Morgan fingerprint density at radius 3 is 2.83 bits per heavy atom. The molecule has 0 aliphatic rings. The topological polar surface area (TPSA) is 72.2 Å². The molecule has 1 amide bonds. The molecule has 1 aromatic carbocycles. The molecule has 0 aliphatic carbocycles. The summed E-state index contributed by atoms with van der Waals surface area (Å²) in [7, 11) is -0.851. The van der Waals surface area contributed by atoms with E-state index in [2.05, 4.69) is 5.32 Å². The lowest BCUT2D eigenvalue weighted by Crippen LogP contribution is -2.33. The molecular formula is C12H17ClN2O2S. The van der Waals surface area contributed by atoms with Gasteiger partial charge in [-0.05, 0) is 25.5 Å². The first-order chi connectivity index (χ1) is 8.41. The summed E-state index contributed by atoms with van der Waals surface area (Å²) in [4.78, 5) is 11.9. The number of nitrogens with one attached hydrogen (secondary N) is 1. The van der Waals surface area contributed by atoms with Gasteiger partial charge >= 0.3 is 0 Å². The molecule has 0 fully saturated rings. The summed E-state index contributed by atoms with van der Waals surface area (Å²) in [6, 6.07) is 4.89. The van der Waals surface area contributed by atoms with Gasteiger partial charge in [0, 0.05) is 28.9 Å². The molecule has 0 aromatic heterocycles. The van der Waals surface area contributed by atoms with Crippen molar-refractivity contribution in [2.24, 2.45) is 0 Å². The van der Waals surface area contributed by atoms with Gasteiger partial charge in [0.25, 0.3) is 5.91 Å². The monoisotopic (exact) mass is 288 g/mol. The van der Waals surface area contributed by atoms with E-state index in [1.807, 2.05) is 6.92 Å². The molecule has 1 rings (SSSR count). The second-order valence-electron chi connectivity index (χ2n) is 4.15. The van der Waals surface area contributed by atoms with E-state index in [-0.39, 0.29) is 17.0 Å². The maximum Gasteiger partial charge on any atom is 0.253 e. The summed E-state index contributed by atoms with van der Waals surface area (Å²) < 4.78 is 11.0. The first-order valence-electron chi connectivity index (χ1n) is 5.56. The minimum Gasteiger partial charge on any atom is -0.398 e. The second kappa shape index (κ2) is 6.75. The zero-order valence-corrected chi connectivity index (χ0v) is 12.0. The smallest absolute Gasteiger partial charge is 0.253 e. The highest BCUT2D eigenvalue weighted by Crippen LogP contribution is 2.22. The van der Waals surface area contributed by atoms with Crippen molar-refractivity contribution in [1.29, 1.82) is 0 Å². The Hall–Kier alpha value is -1.07. The summed E-state index contributed by atoms with van der Waals surface area (Å²) >= 11 is 5.96. The number of carbonyl (C=O) groups excluding carboxylic acids is 1. The van der Waals surface area contributed by atoms with Gasteiger partial charge in [-0.2, -0.15) is 0 Å². The van der Waals surface area contributed by atoms with Crippen LogP contribution in [0.3, 0.4) is 0 Å². The van der Waals surface area contributed by atoms with Crippen molar-refractivity contribution in [3.05, 3.63) is 28.8 Å². The van der Waals surface area contributed by atoms with Crippen LogP contribution in [-0.4, -0.2) is 28.2 Å². The highest BCUT2D eigenvalue weighted by atomic mass is 35.5. The van der Waals surface area contributed by atoms with E-state index in [9.17, 15) is 9.00 Å². The second-order valence-corrected chi connectivity index (χ2v) is 6.08. The number of rotatable bonds is 5. The number of benzene rings is 1. The van der Waals surface area contributed by atoms with Crippen molar-refractivity contribution >= 4 is 34.0 Å². The van der Waals surface area contributed by atoms with Crippen LogP contribution in [-0.2, 0) is 10.8 Å². The van der Waals surface area contributed by atoms with Gasteiger partial charge in [-0.3, -0.25) is 9.00 Å². The number of anilines is 1. The van der Waals surface area contributed by atoms with Gasteiger partial charge in [-0.25, -0.2) is 0 Å². The summed E-state index contributed by atoms with van der Waals surface area (Å²) in [6.07, 6.45) is 2.30. The summed E-state index contributed by atoms with van der Waals surface area (Å²) in [6.45, 7) is 1.87. The zero-order valence-electron chi connectivity index (χ0n) is 10.4. The van der Waals surface area contributed by atoms with Gasteiger partial charge in [0.2, 0.25) is 0 Å². The van der Waals surface area contributed by atoms with Crippen LogP contribution in [0, 0.1) is 0 Å². The van der Waals surface area contributed by atoms with Crippen LogP contribution in [0.1, 0.15) is 23.7 Å². The SMILES string of the molecule is CC(CCS(C)=O)NC(=O)c1cccc(N)c1Cl. The normalized spacial score (nSPS) is 13.9. The van der Waals surface area contributed by atoms with Crippen LogP contribution in [0.15, 0.2) is 18.2 Å². The molecule has 2 atom stereocenters. The third kappa shape index (κ3) is 4.31. The molecule has 0 saturated heterocycles. The third-order valence-electron chi connectivity index (χ3n) is 2.49. The number of halogens is 1. The maximum atomic E-state index is 11.9. The van der Waals surface area contributed by atoms with E-state index in [4.69, 9.17) is 17.3 Å². The Bertz CT molecular complexity index is 465. The molecular weight excluding hydrogens is 272 g/mol. The van der Waals surface area contributed by atoms with Crippen molar-refractivity contribution in [2.45, 2.75) is 19.4 Å². The highest BCUT2D eigenvalue weighted by molar-refractivity contribution is 7.84. The number of amides is 1. The largest absolute Gasteiger partial charge is 0.398 e. The molecule has 0 aliphatic heterocycles. The Morgan fingerprint density at radius 2 is 2.22 bits per heavy atom. The zero-order chi connectivity index (χ0) is 13.7. The Morgan fingerprint density at radius 1 is 1.56 bits per heavy atom. The molecule has 0 bridgehead atoms. The minimum absolute atomic E-state index is 0.0566. The molecule has 4 nitrogen and oxygen atoms in total. The fourth-order valence-electron chi connectivity index (χ4n) is 1.44. The molecule has 0 saturated carbocycles. The van der Waals surface area contributed by atoms with Gasteiger partial charge in [0.15, 0.2) is 0 Å². The fraction of sp³-hybridized carbons (Fsp3) is 0.417. The molecule has 0 spiro atoms. The van der Waals surface area contributed by atoms with Crippen molar-refractivity contribution in [2.75, 3.05) is 17.7 Å². The molecule has 1 aromatic rings. The van der Waals surface area contributed by atoms with Crippen LogP contribution in [0.4, 0.5) is 5.69 Å². The number of hydrogen-bond donors (Lipinski definition) is 2. The lowest BCUT2D eigenvalue weighted by molar-refractivity contribution is 0.0939. The third-order valence-corrected chi connectivity index (χ3v) is 3.72. The van der Waals surface area contributed by atoms with Crippen LogP contribution in [0.25, 0.3) is 0 Å². The van der Waals surface area contributed by atoms with Crippen molar-refractivity contribution in [3.63, 3.8) is 0 Å². The summed E-state index contributed by atoms with van der Waals surface area (Å²) in [5, 5.41) is 3.07. The van der Waals surface area contributed by atoms with Gasteiger partial charge < -0.3 is 11.1 Å². The van der Waals surface area contributed by atoms with Gasteiger partial charge in [-0.1, -0.05) is 17.7 Å². The fourth-order valence-corrected chi connectivity index (χ4v) is 2.34. The van der Waals surface area contributed by atoms with E-state index in [1.165, 1.54) is 0 Å². The number of hydrogen-bond acceptors (Lipinski definition) is 3. The Balaban J connectivity index is 2.65. The number of nitrogen functional groups attached to an aromatic ring is 1. The molecule has 2 unspecified atom stereocenters. The average molecular weight is 289 g/mol. The first-order valence-corrected chi connectivity index (χ1v) is 7.67. The number of nitrogens with two attached hydrogens (primary N) is 1. The molecule has 18 heavy (non-hydrogen) atoms. The van der Waals surface area contributed by atoms with Crippen LogP contribution in [0.5, 0.6) is 0 Å². The van der Waals surface area contributed by atoms with E-state index < -0.39 is 10.8 Å².